The first kappa shape index (κ1) is 22.4. The lowest BCUT2D eigenvalue weighted by Gasteiger charge is -2.24. The highest BCUT2D eigenvalue weighted by Crippen LogP contribution is 2.22. The van der Waals surface area contributed by atoms with E-state index in [1.165, 1.54) is 0 Å². The largest absolute Gasteiger partial charge is 0.384 e. The molecular weight excluding hydrogens is 485 g/mol. The number of imidazole rings is 1. The Morgan fingerprint density at radius 2 is 2.11 bits per heavy atom. The maximum Gasteiger partial charge on any atom is 0.191 e. The topological polar surface area (TPSA) is 74.5 Å². The highest BCUT2D eigenvalue weighted by Gasteiger charge is 2.23. The number of aromatic nitrogens is 2. The molecule has 150 valence electrons. The molecule has 2 heterocycles. The van der Waals surface area contributed by atoms with Crippen molar-refractivity contribution >= 4 is 41.3 Å². The summed E-state index contributed by atoms with van der Waals surface area (Å²) in [5.41, 5.74) is 2.10. The van der Waals surface area contributed by atoms with Gasteiger partial charge in [-0.15, -0.1) is 24.0 Å². The molecule has 0 fully saturated rings. The van der Waals surface area contributed by atoms with Crippen LogP contribution in [0.3, 0.4) is 0 Å². The fraction of sp³-hybridized carbons (Fsp3) is 0.300. The van der Waals surface area contributed by atoms with Crippen molar-refractivity contribution in [1.29, 1.82) is 0 Å². The predicted octanol–water partition coefficient (Wildman–Crippen LogP) is 3.51. The molecule has 2 aromatic heterocycles. The summed E-state index contributed by atoms with van der Waals surface area (Å²) < 4.78 is 1.98. The predicted molar refractivity (Wildman–Crippen MR) is 126 cm³/mol. The van der Waals surface area contributed by atoms with Crippen LogP contribution in [0.5, 0.6) is 0 Å². The van der Waals surface area contributed by atoms with E-state index in [1.54, 1.807) is 30.8 Å². The number of guanidine groups is 1. The number of aliphatic hydroxyl groups is 1. The number of hydrogen-bond acceptors (Lipinski definition) is 4. The third-order valence-electron chi connectivity index (χ3n) is 4.27. The van der Waals surface area contributed by atoms with Crippen LogP contribution in [0.4, 0.5) is 0 Å². The lowest BCUT2D eigenvalue weighted by Crippen LogP contribution is -2.44. The Morgan fingerprint density at radius 1 is 1.29 bits per heavy atom. The van der Waals surface area contributed by atoms with Gasteiger partial charge in [-0.05, 0) is 47.9 Å². The molecule has 0 bridgehead atoms. The van der Waals surface area contributed by atoms with Crippen LogP contribution in [0.15, 0.2) is 64.8 Å². The molecule has 1 unspecified atom stereocenters. The molecule has 1 atom stereocenters. The van der Waals surface area contributed by atoms with Crippen LogP contribution in [0, 0.1) is 0 Å². The van der Waals surface area contributed by atoms with E-state index >= 15 is 0 Å². The van der Waals surface area contributed by atoms with E-state index in [9.17, 15) is 5.11 Å². The zero-order valence-electron chi connectivity index (χ0n) is 16.0. The molecule has 3 N–H and O–H groups in total. The zero-order chi connectivity index (χ0) is 19.1. The minimum atomic E-state index is -0.953. The molecular formula is C20H26IN5OS. The molecule has 0 radical (unpaired) electrons. The van der Waals surface area contributed by atoms with E-state index in [2.05, 4.69) is 21.7 Å². The summed E-state index contributed by atoms with van der Waals surface area (Å²) in [6.45, 7) is 5.46. The van der Waals surface area contributed by atoms with E-state index in [0.29, 0.717) is 19.0 Å². The molecule has 0 amide bonds. The average Bonchev–Trinajstić information content (AvgIpc) is 3.38. The Kier molecular flexibility index (Phi) is 8.46. The molecule has 6 nitrogen and oxygen atoms in total. The Labute approximate surface area is 186 Å². The number of halogens is 1. The molecule has 0 aliphatic carbocycles. The Morgan fingerprint density at radius 3 is 2.79 bits per heavy atom. The average molecular weight is 511 g/mol. The number of nitrogens with one attached hydrogen (secondary N) is 2. The SMILES string of the molecule is CCNC(=NCc1ccccc1-n1ccnc1)NCC(C)(O)c1ccsc1.I. The van der Waals surface area contributed by atoms with Crippen LogP contribution in [0.25, 0.3) is 5.69 Å². The van der Waals surface area contributed by atoms with E-state index in [0.717, 1.165) is 23.4 Å². The summed E-state index contributed by atoms with van der Waals surface area (Å²) in [6.07, 6.45) is 5.46. The first-order valence-electron chi connectivity index (χ1n) is 8.93. The van der Waals surface area contributed by atoms with Crippen molar-refractivity contribution in [3.63, 3.8) is 0 Å². The summed E-state index contributed by atoms with van der Waals surface area (Å²) >= 11 is 1.58. The van der Waals surface area contributed by atoms with Crippen LogP contribution in [-0.2, 0) is 12.1 Å². The standard InChI is InChI=1S/C20H25N5OS.HI/c1-3-22-19(24-14-20(2,26)17-8-11-27-13-17)23-12-16-6-4-5-7-18(16)25-10-9-21-15-25;/h4-11,13,15,26H,3,12,14H2,1-2H3,(H2,22,23,24);1H. The van der Waals surface area contributed by atoms with Gasteiger partial charge in [0.15, 0.2) is 5.96 Å². The quantitative estimate of drug-likeness (QED) is 0.258. The highest BCUT2D eigenvalue weighted by molar-refractivity contribution is 14.0. The number of rotatable bonds is 7. The van der Waals surface area contributed by atoms with Crippen molar-refractivity contribution < 1.29 is 5.11 Å². The fourth-order valence-corrected chi connectivity index (χ4v) is 3.52. The second-order valence-corrected chi connectivity index (χ2v) is 7.21. The van der Waals surface area contributed by atoms with Crippen LogP contribution >= 0.6 is 35.3 Å². The van der Waals surface area contributed by atoms with Gasteiger partial charge in [-0.2, -0.15) is 11.3 Å². The number of para-hydroxylation sites is 1. The maximum atomic E-state index is 10.7. The van der Waals surface area contributed by atoms with Gasteiger partial charge in [-0.25, -0.2) is 9.98 Å². The molecule has 0 saturated carbocycles. The number of aliphatic imine (C=N–C) groups is 1. The minimum absolute atomic E-state index is 0. The Balaban J connectivity index is 0.00000280. The highest BCUT2D eigenvalue weighted by atomic mass is 127. The summed E-state index contributed by atoms with van der Waals surface area (Å²) in [4.78, 5) is 8.81. The number of thiophene rings is 1. The summed E-state index contributed by atoms with van der Waals surface area (Å²) in [6, 6.07) is 10.1. The monoisotopic (exact) mass is 511 g/mol. The van der Waals surface area contributed by atoms with Crippen molar-refractivity contribution in [2.24, 2.45) is 4.99 Å². The van der Waals surface area contributed by atoms with E-state index < -0.39 is 5.60 Å². The third kappa shape index (κ3) is 5.79. The molecule has 8 heteroatoms. The van der Waals surface area contributed by atoms with Gasteiger partial charge >= 0.3 is 0 Å². The maximum absolute atomic E-state index is 10.7. The van der Waals surface area contributed by atoms with Crippen molar-refractivity contribution in [2.75, 3.05) is 13.1 Å². The molecule has 28 heavy (non-hydrogen) atoms. The molecule has 0 spiro atoms. The number of hydrogen-bond donors (Lipinski definition) is 3. The Bertz CT molecular complexity index is 863. The molecule has 3 aromatic rings. The zero-order valence-corrected chi connectivity index (χ0v) is 19.1. The van der Waals surface area contributed by atoms with Gasteiger partial charge in [-0.1, -0.05) is 18.2 Å². The molecule has 0 aliphatic rings. The van der Waals surface area contributed by atoms with Gasteiger partial charge in [0, 0.05) is 18.9 Å². The van der Waals surface area contributed by atoms with Crippen LogP contribution < -0.4 is 10.6 Å². The first-order chi connectivity index (χ1) is 13.1. The molecule has 1 aromatic carbocycles. The van der Waals surface area contributed by atoms with Crippen molar-refractivity contribution in [3.8, 4) is 5.69 Å². The normalized spacial score (nSPS) is 13.5. The summed E-state index contributed by atoms with van der Waals surface area (Å²) in [5, 5.41) is 21.1. The molecule has 3 rings (SSSR count). The van der Waals surface area contributed by atoms with E-state index in [4.69, 9.17) is 4.99 Å². The van der Waals surface area contributed by atoms with Gasteiger partial charge in [0.25, 0.3) is 0 Å². The van der Waals surface area contributed by atoms with Crippen molar-refractivity contribution in [1.82, 2.24) is 20.2 Å². The summed E-state index contributed by atoms with van der Waals surface area (Å²) in [7, 11) is 0. The van der Waals surface area contributed by atoms with E-state index in [-0.39, 0.29) is 24.0 Å². The fourth-order valence-electron chi connectivity index (χ4n) is 2.73. The minimum Gasteiger partial charge on any atom is -0.384 e. The molecule has 0 saturated heterocycles. The molecule has 0 aliphatic heterocycles. The van der Waals surface area contributed by atoms with Crippen LogP contribution in [-0.4, -0.2) is 33.7 Å². The second-order valence-electron chi connectivity index (χ2n) is 6.43. The Hall–Kier alpha value is -1.91. The number of benzene rings is 1. The van der Waals surface area contributed by atoms with Gasteiger partial charge in [-0.3, -0.25) is 0 Å². The van der Waals surface area contributed by atoms with Gasteiger partial charge in [0.2, 0.25) is 0 Å². The summed E-state index contributed by atoms with van der Waals surface area (Å²) in [5.74, 6) is 0.674. The lowest BCUT2D eigenvalue weighted by molar-refractivity contribution is 0.0621. The second kappa shape index (κ2) is 10.6. The third-order valence-corrected chi connectivity index (χ3v) is 4.95. The van der Waals surface area contributed by atoms with Crippen LogP contribution in [0.2, 0.25) is 0 Å². The van der Waals surface area contributed by atoms with Gasteiger partial charge < -0.3 is 20.3 Å². The number of nitrogens with zero attached hydrogens (tertiary/aromatic N) is 3. The van der Waals surface area contributed by atoms with E-state index in [1.807, 2.05) is 52.7 Å². The van der Waals surface area contributed by atoms with Crippen molar-refractivity contribution in [2.45, 2.75) is 26.0 Å². The van der Waals surface area contributed by atoms with Gasteiger partial charge in [0.05, 0.1) is 25.1 Å². The van der Waals surface area contributed by atoms with Crippen molar-refractivity contribution in [3.05, 3.63) is 70.9 Å². The van der Waals surface area contributed by atoms with Crippen LogP contribution in [0.1, 0.15) is 25.0 Å². The van der Waals surface area contributed by atoms with Gasteiger partial charge in [0.1, 0.15) is 5.60 Å². The first-order valence-corrected chi connectivity index (χ1v) is 9.88. The lowest BCUT2D eigenvalue weighted by atomic mass is 9.99. The smallest absolute Gasteiger partial charge is 0.191 e.